The first kappa shape index (κ1) is 25.8. The van der Waals surface area contributed by atoms with Gasteiger partial charge in [-0.25, -0.2) is 4.98 Å². The zero-order valence-electron chi connectivity index (χ0n) is 17.0. The summed E-state index contributed by atoms with van der Waals surface area (Å²) in [6.45, 7) is 3.96. The predicted octanol–water partition coefficient (Wildman–Crippen LogP) is 2.94. The molecule has 3 rings (SSSR count). The van der Waals surface area contributed by atoms with Crippen molar-refractivity contribution in [1.29, 1.82) is 0 Å². The number of ether oxygens (including phenoxy) is 2. The fourth-order valence-electron chi connectivity index (χ4n) is 3.15. The van der Waals surface area contributed by atoms with Gasteiger partial charge in [0, 0.05) is 39.7 Å². The number of carbonyl (C=O) groups is 1. The highest BCUT2D eigenvalue weighted by Gasteiger charge is 2.21. The molecule has 0 bridgehead atoms. The third kappa shape index (κ3) is 7.55. The third-order valence-corrected chi connectivity index (χ3v) is 4.80. The van der Waals surface area contributed by atoms with E-state index in [-0.39, 0.29) is 36.5 Å². The quantitative estimate of drug-likeness (QED) is 0.614. The van der Waals surface area contributed by atoms with Crippen LogP contribution in [-0.4, -0.2) is 67.4 Å². The Kier molecular flexibility index (Phi) is 11.3. The summed E-state index contributed by atoms with van der Waals surface area (Å²) in [6.07, 6.45) is 2.67. The minimum absolute atomic E-state index is 0. The van der Waals surface area contributed by atoms with E-state index >= 15 is 0 Å². The van der Waals surface area contributed by atoms with E-state index in [0.29, 0.717) is 32.7 Å². The summed E-state index contributed by atoms with van der Waals surface area (Å²) in [6, 6.07) is 11.3. The molecule has 9 heteroatoms. The molecule has 1 saturated heterocycles. The first-order valence-corrected chi connectivity index (χ1v) is 9.54. The van der Waals surface area contributed by atoms with Gasteiger partial charge in [-0.2, -0.15) is 0 Å². The fraction of sp³-hybridized carbons (Fsp3) is 0.429. The Morgan fingerprint density at radius 3 is 2.33 bits per heavy atom. The molecule has 1 fully saturated rings. The van der Waals surface area contributed by atoms with Crippen LogP contribution in [0, 0.1) is 0 Å². The van der Waals surface area contributed by atoms with Crippen molar-refractivity contribution in [3.05, 3.63) is 48.2 Å². The molecule has 1 aliphatic heterocycles. The van der Waals surface area contributed by atoms with Crippen LogP contribution < -0.4 is 9.64 Å². The van der Waals surface area contributed by atoms with Crippen LogP contribution in [0.5, 0.6) is 11.5 Å². The summed E-state index contributed by atoms with van der Waals surface area (Å²) in [7, 11) is 1.65. The van der Waals surface area contributed by atoms with Gasteiger partial charge in [-0.05, 0) is 36.2 Å². The Morgan fingerprint density at radius 2 is 1.73 bits per heavy atom. The highest BCUT2D eigenvalue weighted by atomic mass is 35.5. The van der Waals surface area contributed by atoms with E-state index in [0.717, 1.165) is 36.6 Å². The fourth-order valence-corrected chi connectivity index (χ4v) is 3.15. The number of methoxy groups -OCH3 is 1. The maximum Gasteiger partial charge on any atom is 0.223 e. The molecule has 1 amide bonds. The molecule has 2 aromatic rings. The topological polar surface area (TPSA) is 75.1 Å². The van der Waals surface area contributed by atoms with Gasteiger partial charge in [0.15, 0.2) is 0 Å². The highest BCUT2D eigenvalue weighted by molar-refractivity contribution is 5.85. The number of anilines is 1. The van der Waals surface area contributed by atoms with Crippen molar-refractivity contribution in [2.45, 2.75) is 12.8 Å². The Hall–Kier alpha value is -2.22. The van der Waals surface area contributed by atoms with Crippen LogP contribution in [0.4, 0.5) is 5.82 Å². The molecule has 0 unspecified atom stereocenters. The number of rotatable bonds is 8. The van der Waals surface area contributed by atoms with Gasteiger partial charge in [0.25, 0.3) is 0 Å². The summed E-state index contributed by atoms with van der Waals surface area (Å²) in [5.74, 6) is 1.98. The van der Waals surface area contributed by atoms with Crippen molar-refractivity contribution in [2.75, 3.05) is 51.4 Å². The van der Waals surface area contributed by atoms with Crippen LogP contribution in [0.3, 0.4) is 0 Å². The number of piperazine rings is 1. The van der Waals surface area contributed by atoms with Crippen molar-refractivity contribution in [2.24, 2.45) is 0 Å². The van der Waals surface area contributed by atoms with Crippen LogP contribution in [0.1, 0.15) is 12.0 Å². The predicted molar refractivity (Wildman–Crippen MR) is 121 cm³/mol. The van der Waals surface area contributed by atoms with Crippen molar-refractivity contribution >= 4 is 36.5 Å². The van der Waals surface area contributed by atoms with Crippen LogP contribution in [0.15, 0.2) is 42.6 Å². The molecule has 1 aliphatic rings. The SMILES string of the molecule is COCCOc1ccc(CCC(=O)N2CCN(c3ccc(O)cn3)CC2)cc1.Cl.Cl. The molecule has 0 spiro atoms. The number of nitrogens with zero attached hydrogens (tertiary/aromatic N) is 3. The van der Waals surface area contributed by atoms with Gasteiger partial charge in [0.1, 0.15) is 23.9 Å². The van der Waals surface area contributed by atoms with Crippen molar-refractivity contribution in [3.8, 4) is 11.5 Å². The second-order valence-electron chi connectivity index (χ2n) is 6.73. The number of carbonyl (C=O) groups excluding carboxylic acids is 1. The van der Waals surface area contributed by atoms with E-state index in [4.69, 9.17) is 9.47 Å². The lowest BCUT2D eigenvalue weighted by atomic mass is 10.1. The summed E-state index contributed by atoms with van der Waals surface area (Å²) in [5, 5.41) is 9.34. The number of pyridine rings is 1. The second kappa shape index (κ2) is 13.2. The van der Waals surface area contributed by atoms with Crippen LogP contribution in [-0.2, 0) is 16.0 Å². The Labute approximate surface area is 189 Å². The van der Waals surface area contributed by atoms with Crippen molar-refractivity contribution in [1.82, 2.24) is 9.88 Å². The van der Waals surface area contributed by atoms with E-state index < -0.39 is 0 Å². The number of amides is 1. The number of aromatic hydroxyl groups is 1. The summed E-state index contributed by atoms with van der Waals surface area (Å²) < 4.78 is 10.5. The highest BCUT2D eigenvalue weighted by Crippen LogP contribution is 2.17. The molecule has 1 N–H and O–H groups in total. The van der Waals surface area contributed by atoms with E-state index in [9.17, 15) is 9.90 Å². The summed E-state index contributed by atoms with van der Waals surface area (Å²) >= 11 is 0. The molecule has 0 radical (unpaired) electrons. The molecule has 1 aromatic carbocycles. The number of halogens is 2. The lowest BCUT2D eigenvalue weighted by Gasteiger charge is -2.35. The molecule has 7 nitrogen and oxygen atoms in total. The van der Waals surface area contributed by atoms with E-state index in [1.165, 1.54) is 6.20 Å². The number of benzene rings is 1. The molecule has 30 heavy (non-hydrogen) atoms. The average Bonchev–Trinajstić information content (AvgIpc) is 2.74. The molecule has 2 heterocycles. The molecule has 0 saturated carbocycles. The van der Waals surface area contributed by atoms with Crippen LogP contribution in [0.25, 0.3) is 0 Å². The smallest absolute Gasteiger partial charge is 0.223 e. The maximum absolute atomic E-state index is 12.5. The minimum Gasteiger partial charge on any atom is -0.506 e. The van der Waals surface area contributed by atoms with Gasteiger partial charge in [0.05, 0.1) is 12.8 Å². The number of aryl methyl sites for hydroxylation is 1. The van der Waals surface area contributed by atoms with Gasteiger partial charge >= 0.3 is 0 Å². The lowest BCUT2D eigenvalue weighted by Crippen LogP contribution is -2.49. The van der Waals surface area contributed by atoms with Gasteiger partial charge < -0.3 is 24.4 Å². The van der Waals surface area contributed by atoms with Crippen molar-refractivity contribution < 1.29 is 19.4 Å². The van der Waals surface area contributed by atoms with Gasteiger partial charge in [0.2, 0.25) is 5.91 Å². The average molecular weight is 458 g/mol. The number of hydrogen-bond acceptors (Lipinski definition) is 6. The van der Waals surface area contributed by atoms with E-state index in [1.54, 1.807) is 19.2 Å². The Balaban J connectivity index is 0.00000225. The van der Waals surface area contributed by atoms with E-state index in [1.807, 2.05) is 29.2 Å². The first-order chi connectivity index (χ1) is 13.7. The first-order valence-electron chi connectivity index (χ1n) is 9.54. The van der Waals surface area contributed by atoms with Crippen LogP contribution in [0.2, 0.25) is 0 Å². The zero-order chi connectivity index (χ0) is 19.8. The largest absolute Gasteiger partial charge is 0.506 e. The Morgan fingerprint density at radius 1 is 1.03 bits per heavy atom. The summed E-state index contributed by atoms with van der Waals surface area (Å²) in [4.78, 5) is 20.8. The van der Waals surface area contributed by atoms with Gasteiger partial charge in [-0.15, -0.1) is 24.8 Å². The molecule has 0 atom stereocenters. The van der Waals surface area contributed by atoms with Gasteiger partial charge in [-0.1, -0.05) is 12.1 Å². The molecular formula is C21H29Cl2N3O4. The molecular weight excluding hydrogens is 429 g/mol. The van der Waals surface area contributed by atoms with E-state index in [2.05, 4.69) is 9.88 Å². The number of aromatic nitrogens is 1. The molecule has 166 valence electrons. The number of hydrogen-bond donors (Lipinski definition) is 1. The standard InChI is InChI=1S/C21H27N3O4.2ClH/c1-27-14-15-28-19-6-2-17(3-7-19)4-9-21(26)24-12-10-23(11-13-24)20-8-5-18(25)16-22-20;;/h2-3,5-8,16,25H,4,9-15H2,1H3;2*1H. The Bertz CT molecular complexity index is 752. The minimum atomic E-state index is 0. The lowest BCUT2D eigenvalue weighted by molar-refractivity contribution is -0.131. The van der Waals surface area contributed by atoms with Crippen LogP contribution >= 0.6 is 24.8 Å². The van der Waals surface area contributed by atoms with Gasteiger partial charge in [-0.3, -0.25) is 4.79 Å². The maximum atomic E-state index is 12.5. The normalized spacial score (nSPS) is 13.2. The second-order valence-corrected chi connectivity index (χ2v) is 6.73. The third-order valence-electron chi connectivity index (χ3n) is 4.80. The van der Waals surface area contributed by atoms with Crippen molar-refractivity contribution in [3.63, 3.8) is 0 Å². The molecule has 1 aromatic heterocycles. The zero-order valence-corrected chi connectivity index (χ0v) is 18.7. The molecule has 0 aliphatic carbocycles. The summed E-state index contributed by atoms with van der Waals surface area (Å²) in [5.41, 5.74) is 1.12. The monoisotopic (exact) mass is 457 g/mol.